The van der Waals surface area contributed by atoms with Crippen molar-refractivity contribution in [2.24, 2.45) is 4.99 Å². The van der Waals surface area contributed by atoms with Gasteiger partial charge in [-0.25, -0.2) is 0 Å². The van der Waals surface area contributed by atoms with Gasteiger partial charge in [-0.1, -0.05) is 48.4 Å². The molecule has 1 aliphatic heterocycles. The van der Waals surface area contributed by atoms with E-state index in [2.05, 4.69) is 5.32 Å². The third kappa shape index (κ3) is 4.29. The lowest BCUT2D eigenvalue weighted by Gasteiger charge is -2.38. The molecule has 0 atom stereocenters. The minimum Gasteiger partial charge on any atom is -0.325 e. The quantitative estimate of drug-likeness (QED) is 0.743. The Labute approximate surface area is 182 Å². The summed E-state index contributed by atoms with van der Waals surface area (Å²) in [5.41, 5.74) is 2.77. The fourth-order valence-electron chi connectivity index (χ4n) is 4.41. The smallest absolute Gasteiger partial charge is 0.275 e. The van der Waals surface area contributed by atoms with Crippen molar-refractivity contribution in [1.29, 1.82) is 0 Å². The molecule has 0 aromatic heterocycles. The fourth-order valence-corrected chi connectivity index (χ4v) is 4.41. The van der Waals surface area contributed by atoms with E-state index in [0.717, 1.165) is 43.2 Å². The van der Waals surface area contributed by atoms with Gasteiger partial charge >= 0.3 is 0 Å². The van der Waals surface area contributed by atoms with Crippen LogP contribution in [0.15, 0.2) is 53.5 Å². The summed E-state index contributed by atoms with van der Waals surface area (Å²) < 4.78 is 0. The second kappa shape index (κ2) is 8.46. The van der Waals surface area contributed by atoms with Crippen molar-refractivity contribution >= 4 is 29.0 Å². The molecule has 2 aromatic rings. The molecular weight excluding hydrogens is 390 g/mol. The number of ketones is 1. The van der Waals surface area contributed by atoms with E-state index in [1.54, 1.807) is 29.2 Å². The molecule has 1 fully saturated rings. The zero-order chi connectivity index (χ0) is 22.0. The molecule has 1 spiro atoms. The van der Waals surface area contributed by atoms with Crippen molar-refractivity contribution in [2.45, 2.75) is 51.6 Å². The average Bonchev–Trinajstić information content (AvgIpc) is 3.01. The van der Waals surface area contributed by atoms with Crippen LogP contribution in [0.5, 0.6) is 0 Å². The van der Waals surface area contributed by atoms with Gasteiger partial charge in [0.05, 0.1) is 0 Å². The maximum Gasteiger partial charge on any atom is 0.275 e. The molecule has 31 heavy (non-hydrogen) atoms. The highest BCUT2D eigenvalue weighted by Gasteiger charge is 2.48. The minimum absolute atomic E-state index is 0.0666. The van der Waals surface area contributed by atoms with Gasteiger partial charge < -0.3 is 10.2 Å². The van der Waals surface area contributed by atoms with Gasteiger partial charge in [-0.15, -0.1) is 0 Å². The van der Waals surface area contributed by atoms with E-state index in [1.165, 1.54) is 6.92 Å². The van der Waals surface area contributed by atoms with Crippen LogP contribution in [0.3, 0.4) is 0 Å². The summed E-state index contributed by atoms with van der Waals surface area (Å²) in [5, 5.41) is 2.83. The predicted molar refractivity (Wildman–Crippen MR) is 120 cm³/mol. The van der Waals surface area contributed by atoms with Crippen molar-refractivity contribution in [1.82, 2.24) is 4.90 Å². The minimum atomic E-state index is -0.645. The van der Waals surface area contributed by atoms with Crippen LogP contribution >= 0.6 is 0 Å². The molecule has 6 nitrogen and oxygen atoms in total. The number of rotatable bonds is 5. The molecule has 2 amide bonds. The number of anilines is 1. The van der Waals surface area contributed by atoms with Gasteiger partial charge in [0.2, 0.25) is 5.91 Å². The molecule has 0 saturated heterocycles. The molecule has 1 saturated carbocycles. The van der Waals surface area contributed by atoms with Gasteiger partial charge in [-0.2, -0.15) is 0 Å². The first kappa shape index (κ1) is 21.0. The number of aliphatic imine (C=N–C) groups is 1. The Morgan fingerprint density at radius 1 is 1.06 bits per heavy atom. The van der Waals surface area contributed by atoms with Crippen molar-refractivity contribution in [3.05, 3.63) is 65.2 Å². The number of hydrogen-bond donors (Lipinski definition) is 1. The van der Waals surface area contributed by atoms with Crippen LogP contribution in [0.4, 0.5) is 5.69 Å². The second-order valence-electron chi connectivity index (χ2n) is 8.45. The summed E-state index contributed by atoms with van der Waals surface area (Å²) in [6.07, 6.45) is 4.61. The van der Waals surface area contributed by atoms with E-state index >= 15 is 0 Å². The average molecular weight is 418 g/mol. The molecule has 0 radical (unpaired) electrons. The van der Waals surface area contributed by atoms with Crippen molar-refractivity contribution in [3.63, 3.8) is 0 Å². The molecule has 1 N–H and O–H groups in total. The Bertz CT molecular complexity index is 1050. The molecule has 160 valence electrons. The Morgan fingerprint density at radius 2 is 1.77 bits per heavy atom. The molecule has 0 bridgehead atoms. The molecule has 1 heterocycles. The van der Waals surface area contributed by atoms with Crippen LogP contribution in [-0.4, -0.2) is 40.4 Å². The first-order chi connectivity index (χ1) is 14.9. The SMILES string of the molecule is CC(=O)c1cccc(NC(=O)CN2C(=O)C(c3ccc(C)cc3)=NC23CCCCC3)c1. The largest absolute Gasteiger partial charge is 0.325 e. The number of Topliss-reactive ketones (excluding diaryl/α,β-unsaturated/α-hetero) is 1. The van der Waals surface area contributed by atoms with Crippen LogP contribution in [-0.2, 0) is 9.59 Å². The van der Waals surface area contributed by atoms with E-state index < -0.39 is 5.66 Å². The van der Waals surface area contributed by atoms with E-state index in [0.29, 0.717) is 17.0 Å². The number of hydrogen-bond acceptors (Lipinski definition) is 4. The lowest BCUT2D eigenvalue weighted by atomic mass is 9.88. The summed E-state index contributed by atoms with van der Waals surface area (Å²) in [6, 6.07) is 14.6. The van der Waals surface area contributed by atoms with Crippen LogP contribution in [0, 0.1) is 6.92 Å². The van der Waals surface area contributed by atoms with Gasteiger partial charge in [0.25, 0.3) is 5.91 Å². The molecule has 6 heteroatoms. The topological polar surface area (TPSA) is 78.8 Å². The maximum absolute atomic E-state index is 13.4. The fraction of sp³-hybridized carbons (Fsp3) is 0.360. The van der Waals surface area contributed by atoms with Crippen molar-refractivity contribution in [3.8, 4) is 0 Å². The molecule has 1 aliphatic carbocycles. The van der Waals surface area contributed by atoms with Gasteiger partial charge in [0, 0.05) is 16.8 Å². The Balaban J connectivity index is 1.57. The Hall–Kier alpha value is -3.28. The van der Waals surface area contributed by atoms with Gasteiger partial charge in [-0.3, -0.25) is 19.4 Å². The monoisotopic (exact) mass is 417 g/mol. The van der Waals surface area contributed by atoms with Crippen LogP contribution < -0.4 is 5.32 Å². The highest BCUT2D eigenvalue weighted by molar-refractivity contribution is 6.47. The number of aryl methyl sites for hydroxylation is 1. The number of nitrogens with one attached hydrogen (secondary N) is 1. The number of benzene rings is 2. The normalized spacial score (nSPS) is 17.5. The van der Waals surface area contributed by atoms with Crippen LogP contribution in [0.2, 0.25) is 0 Å². The van der Waals surface area contributed by atoms with E-state index in [-0.39, 0.29) is 24.1 Å². The van der Waals surface area contributed by atoms with Gasteiger partial charge in [0.1, 0.15) is 17.9 Å². The number of nitrogens with zero attached hydrogens (tertiary/aromatic N) is 2. The molecule has 2 aliphatic rings. The lowest BCUT2D eigenvalue weighted by molar-refractivity contribution is -0.134. The van der Waals surface area contributed by atoms with Crippen molar-refractivity contribution in [2.75, 3.05) is 11.9 Å². The van der Waals surface area contributed by atoms with Crippen LogP contribution in [0.25, 0.3) is 0 Å². The lowest BCUT2D eigenvalue weighted by Crippen LogP contribution is -2.51. The number of carbonyl (C=O) groups is 3. The summed E-state index contributed by atoms with van der Waals surface area (Å²) in [7, 11) is 0. The summed E-state index contributed by atoms with van der Waals surface area (Å²) in [5.74, 6) is -0.555. The third-order valence-electron chi connectivity index (χ3n) is 6.10. The van der Waals surface area contributed by atoms with E-state index in [9.17, 15) is 14.4 Å². The Morgan fingerprint density at radius 3 is 2.45 bits per heavy atom. The predicted octanol–water partition coefficient (Wildman–Crippen LogP) is 4.13. The highest BCUT2D eigenvalue weighted by atomic mass is 16.2. The third-order valence-corrected chi connectivity index (χ3v) is 6.10. The first-order valence-electron chi connectivity index (χ1n) is 10.8. The second-order valence-corrected chi connectivity index (χ2v) is 8.45. The zero-order valence-corrected chi connectivity index (χ0v) is 18.0. The Kier molecular flexibility index (Phi) is 5.72. The standard InChI is InChI=1S/C25H27N3O3/c1-17-9-11-19(12-10-17)23-24(31)28(25(27-23)13-4-3-5-14-25)16-22(30)26-21-8-6-7-20(15-21)18(2)29/h6-12,15H,3-5,13-14,16H2,1-2H3,(H,26,30). The molecule has 2 aromatic carbocycles. The zero-order valence-electron chi connectivity index (χ0n) is 18.0. The van der Waals surface area contributed by atoms with Gasteiger partial charge in [0.15, 0.2) is 5.78 Å². The highest BCUT2D eigenvalue weighted by Crippen LogP contribution is 2.39. The van der Waals surface area contributed by atoms with E-state index in [1.807, 2.05) is 31.2 Å². The summed E-state index contributed by atoms with van der Waals surface area (Å²) >= 11 is 0. The number of amides is 2. The van der Waals surface area contributed by atoms with Gasteiger partial charge in [-0.05, 0) is 51.7 Å². The maximum atomic E-state index is 13.4. The van der Waals surface area contributed by atoms with Crippen molar-refractivity contribution < 1.29 is 14.4 Å². The number of carbonyl (C=O) groups excluding carboxylic acids is 3. The molecule has 4 rings (SSSR count). The molecular formula is C25H27N3O3. The molecule has 0 unspecified atom stereocenters. The summed E-state index contributed by atoms with van der Waals surface area (Å²) in [4.78, 5) is 44.4. The van der Waals surface area contributed by atoms with E-state index in [4.69, 9.17) is 4.99 Å². The summed E-state index contributed by atoms with van der Waals surface area (Å²) in [6.45, 7) is 3.42. The van der Waals surface area contributed by atoms with Crippen LogP contribution in [0.1, 0.15) is 60.5 Å². The first-order valence-corrected chi connectivity index (χ1v) is 10.8.